The number of quaternary nitrogens is 1. The molecule has 0 fully saturated rings. The van der Waals surface area contributed by atoms with E-state index in [1.165, 1.54) is 327 Å². The van der Waals surface area contributed by atoms with Crippen LogP contribution < -0.4 is 5.32 Å². The van der Waals surface area contributed by atoms with Gasteiger partial charge < -0.3 is 19.8 Å². The van der Waals surface area contributed by atoms with Crippen molar-refractivity contribution in [3.05, 3.63) is 48.6 Å². The van der Waals surface area contributed by atoms with Crippen molar-refractivity contribution in [3.63, 3.8) is 0 Å². The molecule has 0 aromatic carbocycles. The third-order valence-corrected chi connectivity index (χ3v) is 18.7. The highest BCUT2D eigenvalue weighted by atomic mass is 31.2. The zero-order valence-electron chi connectivity index (χ0n) is 59.0. The van der Waals surface area contributed by atoms with Crippen molar-refractivity contribution in [2.24, 2.45) is 0 Å². The lowest BCUT2D eigenvalue weighted by molar-refractivity contribution is -0.870. The third kappa shape index (κ3) is 71.8. The van der Waals surface area contributed by atoms with E-state index in [1.807, 2.05) is 27.2 Å². The lowest BCUT2D eigenvalue weighted by Gasteiger charge is -2.25. The van der Waals surface area contributed by atoms with Gasteiger partial charge in [-0.15, -0.1) is 0 Å². The molecule has 0 aromatic heterocycles. The van der Waals surface area contributed by atoms with Gasteiger partial charge in [0.1, 0.15) is 13.2 Å². The highest BCUT2D eigenvalue weighted by molar-refractivity contribution is 7.47. The quantitative estimate of drug-likeness (QED) is 0.0243. The smallest absolute Gasteiger partial charge is 0.387 e. The first-order chi connectivity index (χ1) is 42.5. The molecule has 0 heterocycles. The maximum absolute atomic E-state index is 13.1. The second-order valence-electron chi connectivity index (χ2n) is 27.7. The summed E-state index contributed by atoms with van der Waals surface area (Å²) in [5.41, 5.74) is 0. The Morgan fingerprint density at radius 1 is 0.379 bits per heavy atom. The Labute approximate surface area is 543 Å². The number of carbonyl (C=O) groups is 1. The summed E-state index contributed by atoms with van der Waals surface area (Å²) in [6.45, 7) is 4.85. The maximum atomic E-state index is 13.1. The van der Waals surface area contributed by atoms with Crippen LogP contribution in [-0.2, 0) is 18.4 Å². The minimum atomic E-state index is -4.37. The topological polar surface area (TPSA) is 105 Å². The lowest BCUT2D eigenvalue weighted by Crippen LogP contribution is -2.45. The molecule has 0 radical (unpaired) electrons. The van der Waals surface area contributed by atoms with E-state index in [0.717, 1.165) is 44.9 Å². The molecule has 9 heteroatoms. The molecule has 0 rings (SSSR count). The summed E-state index contributed by atoms with van der Waals surface area (Å²) in [6.07, 6.45) is 94.5. The fraction of sp³-hybridized carbons (Fsp3) is 0.885. The van der Waals surface area contributed by atoms with Gasteiger partial charge in [0.15, 0.2) is 0 Å². The summed E-state index contributed by atoms with van der Waals surface area (Å²) >= 11 is 0. The molecule has 514 valence electrons. The van der Waals surface area contributed by atoms with E-state index in [4.69, 9.17) is 9.05 Å². The zero-order chi connectivity index (χ0) is 63.4. The normalized spacial score (nSPS) is 13.8. The van der Waals surface area contributed by atoms with Crippen molar-refractivity contribution in [1.82, 2.24) is 5.32 Å². The van der Waals surface area contributed by atoms with Gasteiger partial charge in [-0.25, -0.2) is 4.57 Å². The number of phosphoric acid groups is 1. The molecular formula is C78H152N2O6P+. The molecule has 0 aliphatic rings. The molecule has 0 saturated carbocycles. The number of aliphatic hydroxyl groups excluding tert-OH is 1. The molecule has 3 unspecified atom stereocenters. The molecule has 1 amide bonds. The van der Waals surface area contributed by atoms with E-state index >= 15 is 0 Å². The van der Waals surface area contributed by atoms with Crippen LogP contribution in [0.15, 0.2) is 48.6 Å². The van der Waals surface area contributed by atoms with Gasteiger partial charge in [-0.1, -0.05) is 364 Å². The van der Waals surface area contributed by atoms with Crippen molar-refractivity contribution in [3.8, 4) is 0 Å². The first-order valence-electron chi connectivity index (χ1n) is 38.5. The van der Waals surface area contributed by atoms with Crippen LogP contribution in [0.2, 0.25) is 0 Å². The van der Waals surface area contributed by atoms with E-state index in [1.54, 1.807) is 6.08 Å². The van der Waals surface area contributed by atoms with Gasteiger partial charge >= 0.3 is 7.82 Å². The van der Waals surface area contributed by atoms with Gasteiger partial charge in [0, 0.05) is 6.42 Å². The molecule has 3 N–H and O–H groups in total. The largest absolute Gasteiger partial charge is 0.472 e. The number of nitrogens with zero attached hydrogens (tertiary/aromatic N) is 1. The van der Waals surface area contributed by atoms with E-state index < -0.39 is 20.0 Å². The molecular weight excluding hydrogens is 1090 g/mol. The summed E-state index contributed by atoms with van der Waals surface area (Å²) in [4.78, 5) is 23.5. The van der Waals surface area contributed by atoms with E-state index in [0.29, 0.717) is 17.4 Å². The van der Waals surface area contributed by atoms with Crippen LogP contribution in [0.25, 0.3) is 0 Å². The minimum Gasteiger partial charge on any atom is -0.387 e. The molecule has 3 atom stereocenters. The van der Waals surface area contributed by atoms with E-state index in [9.17, 15) is 19.4 Å². The van der Waals surface area contributed by atoms with Crippen molar-refractivity contribution in [2.45, 2.75) is 405 Å². The third-order valence-electron chi connectivity index (χ3n) is 17.7. The predicted molar refractivity (Wildman–Crippen MR) is 383 cm³/mol. The van der Waals surface area contributed by atoms with Crippen LogP contribution >= 0.6 is 7.82 Å². The van der Waals surface area contributed by atoms with Gasteiger partial charge in [-0.05, 0) is 70.6 Å². The summed E-state index contributed by atoms with van der Waals surface area (Å²) in [7, 11) is 1.56. The fourth-order valence-corrected chi connectivity index (χ4v) is 12.5. The number of unbranched alkanes of at least 4 members (excludes halogenated alkanes) is 53. The van der Waals surface area contributed by atoms with Gasteiger partial charge in [0.05, 0.1) is 39.9 Å². The van der Waals surface area contributed by atoms with E-state index in [-0.39, 0.29) is 19.1 Å². The molecule has 8 nitrogen and oxygen atoms in total. The number of phosphoric ester groups is 1. The summed E-state index contributed by atoms with van der Waals surface area (Å²) in [5, 5.41) is 14.0. The van der Waals surface area contributed by atoms with E-state index in [2.05, 4.69) is 55.6 Å². The highest BCUT2D eigenvalue weighted by Gasteiger charge is 2.28. The van der Waals surface area contributed by atoms with Crippen molar-refractivity contribution in [1.29, 1.82) is 0 Å². The first kappa shape index (κ1) is 85.5. The number of hydrogen-bond donors (Lipinski definition) is 3. The molecule has 87 heavy (non-hydrogen) atoms. The van der Waals surface area contributed by atoms with Crippen LogP contribution in [0, 0.1) is 0 Å². The van der Waals surface area contributed by atoms with Gasteiger partial charge in [0.2, 0.25) is 5.91 Å². The summed E-state index contributed by atoms with van der Waals surface area (Å²) < 4.78 is 23.8. The Morgan fingerprint density at radius 3 is 0.920 bits per heavy atom. The van der Waals surface area contributed by atoms with Crippen molar-refractivity contribution < 1.29 is 32.9 Å². The second-order valence-corrected chi connectivity index (χ2v) is 29.2. The molecule has 0 saturated heterocycles. The Hall–Kier alpha value is -1.54. The van der Waals surface area contributed by atoms with Crippen molar-refractivity contribution >= 4 is 13.7 Å². The predicted octanol–water partition coefficient (Wildman–Crippen LogP) is 25.0. The summed E-state index contributed by atoms with van der Waals surface area (Å²) in [5.74, 6) is -0.183. The van der Waals surface area contributed by atoms with Crippen LogP contribution in [0.4, 0.5) is 0 Å². The second kappa shape index (κ2) is 68.8. The lowest BCUT2D eigenvalue weighted by atomic mass is 10.0. The Kier molecular flexibility index (Phi) is 67.6. The SMILES string of the molecule is CCCCCCCCCC/C=C\CCCCCCCCCCCCCCCCCCCCCCCC(=O)NC(COP(=O)(O)OCC[N+](C)(C)C)C(O)/C=C/CC/C=C/CC/C=C/CCCCCCCCCCCCCCCCCCCCCCCC. The monoisotopic (exact) mass is 1240 g/mol. The minimum absolute atomic E-state index is 0.0546. The highest BCUT2D eigenvalue weighted by Crippen LogP contribution is 2.43. The number of hydrogen-bond acceptors (Lipinski definition) is 5. The molecule has 0 spiro atoms. The summed E-state index contributed by atoms with van der Waals surface area (Å²) in [6, 6.07) is -0.872. The van der Waals surface area contributed by atoms with Crippen LogP contribution in [0.3, 0.4) is 0 Å². The standard InChI is InChI=1S/C78H151N2O6P/c1-6-8-10-12-14-16-18-20-22-24-26-28-30-32-34-36-38-40-42-44-46-48-50-52-54-56-58-60-62-64-66-68-70-72-78(82)79-76(75-86-87(83,84)85-74-73-80(3,4)5)77(81)71-69-67-65-63-61-59-57-55-53-51-49-47-45-43-41-39-37-35-33-31-29-27-25-23-21-19-17-15-13-11-9-7-2/h24,26,53,55,61,63,69,71,76-77,81H,6-23,25,27-52,54,56-60,62,64-68,70,72-75H2,1-5H3,(H-,79,82,83,84)/p+1/b26-24-,55-53+,63-61+,71-69+. The van der Waals surface area contributed by atoms with Gasteiger partial charge in [-0.2, -0.15) is 0 Å². The van der Waals surface area contributed by atoms with Crippen molar-refractivity contribution in [2.75, 3.05) is 40.9 Å². The van der Waals surface area contributed by atoms with Gasteiger partial charge in [-0.3, -0.25) is 13.8 Å². The Bertz CT molecular complexity index is 1560. The Balaban J connectivity index is 4.04. The number of rotatable bonds is 72. The number of carbonyl (C=O) groups excluding carboxylic acids is 1. The number of amides is 1. The van der Waals surface area contributed by atoms with Gasteiger partial charge in [0.25, 0.3) is 0 Å². The van der Waals surface area contributed by atoms with Crippen LogP contribution in [-0.4, -0.2) is 73.4 Å². The average molecular weight is 1250 g/mol. The number of nitrogens with one attached hydrogen (secondary N) is 1. The molecule has 0 aliphatic heterocycles. The zero-order valence-corrected chi connectivity index (χ0v) is 59.9. The maximum Gasteiger partial charge on any atom is 0.472 e. The average Bonchev–Trinajstić information content (AvgIpc) is 3.71. The van der Waals surface area contributed by atoms with Crippen LogP contribution in [0.1, 0.15) is 393 Å². The Morgan fingerprint density at radius 2 is 0.632 bits per heavy atom. The van der Waals surface area contributed by atoms with Crippen LogP contribution in [0.5, 0.6) is 0 Å². The molecule has 0 bridgehead atoms. The number of aliphatic hydroxyl groups is 1. The number of likely N-dealkylation sites (N-methyl/N-ethyl adjacent to an activating group) is 1. The number of allylic oxidation sites excluding steroid dienone is 7. The first-order valence-corrected chi connectivity index (χ1v) is 40.0. The molecule has 0 aliphatic carbocycles. The fourth-order valence-electron chi connectivity index (χ4n) is 11.8. The molecule has 0 aromatic rings.